The van der Waals surface area contributed by atoms with Gasteiger partial charge >= 0.3 is 12.0 Å². The van der Waals surface area contributed by atoms with Crippen LogP contribution in [0.5, 0.6) is 0 Å². The number of aliphatic carboxylic acids is 1. The standard InChI is InChI=1S/C12H22N2O4/c1-12(2,3)8-4-5-14(6-8)11(18)13-9(7-15)10(16)17/h8-9,15H,4-7H2,1-3H3,(H,13,18)(H,16,17)/t8?,9-/m1/s1. The number of carbonyl (C=O) groups is 2. The first kappa shape index (κ1) is 14.8. The monoisotopic (exact) mass is 258 g/mol. The Morgan fingerprint density at radius 3 is 2.44 bits per heavy atom. The SMILES string of the molecule is CC(C)(C)C1CCN(C(=O)N[C@H](CO)C(=O)O)C1. The lowest BCUT2D eigenvalue weighted by Gasteiger charge is -2.27. The minimum absolute atomic E-state index is 0.137. The van der Waals surface area contributed by atoms with Crippen molar-refractivity contribution in [2.75, 3.05) is 19.7 Å². The van der Waals surface area contributed by atoms with Crippen molar-refractivity contribution in [3.63, 3.8) is 0 Å². The highest BCUT2D eigenvalue weighted by Gasteiger charge is 2.34. The predicted molar refractivity (Wildman–Crippen MR) is 66.2 cm³/mol. The summed E-state index contributed by atoms with van der Waals surface area (Å²) >= 11 is 0. The van der Waals surface area contributed by atoms with Gasteiger partial charge in [-0.15, -0.1) is 0 Å². The van der Waals surface area contributed by atoms with Crippen LogP contribution in [-0.2, 0) is 4.79 Å². The molecule has 0 saturated carbocycles. The maximum Gasteiger partial charge on any atom is 0.328 e. The zero-order valence-electron chi connectivity index (χ0n) is 11.1. The number of amides is 2. The molecule has 1 aliphatic rings. The van der Waals surface area contributed by atoms with Crippen LogP contribution in [0.4, 0.5) is 4.79 Å². The van der Waals surface area contributed by atoms with E-state index in [4.69, 9.17) is 10.2 Å². The number of rotatable bonds is 3. The molecule has 2 amide bonds. The highest BCUT2D eigenvalue weighted by atomic mass is 16.4. The number of nitrogens with one attached hydrogen (secondary N) is 1. The number of hydrogen-bond donors (Lipinski definition) is 3. The van der Waals surface area contributed by atoms with Crippen molar-refractivity contribution in [2.45, 2.75) is 33.2 Å². The summed E-state index contributed by atoms with van der Waals surface area (Å²) < 4.78 is 0. The van der Waals surface area contributed by atoms with Crippen LogP contribution in [0.15, 0.2) is 0 Å². The zero-order chi connectivity index (χ0) is 13.9. The summed E-state index contributed by atoms with van der Waals surface area (Å²) in [5, 5.41) is 19.9. The van der Waals surface area contributed by atoms with E-state index >= 15 is 0 Å². The fourth-order valence-corrected chi connectivity index (χ4v) is 2.08. The molecule has 2 atom stereocenters. The molecule has 1 saturated heterocycles. The third kappa shape index (κ3) is 3.60. The first-order valence-electron chi connectivity index (χ1n) is 6.14. The number of carboxylic acids is 1. The highest BCUT2D eigenvalue weighted by Crippen LogP contribution is 2.33. The zero-order valence-corrected chi connectivity index (χ0v) is 11.1. The Labute approximate surface area is 107 Å². The van der Waals surface area contributed by atoms with E-state index in [0.717, 1.165) is 6.42 Å². The van der Waals surface area contributed by atoms with Crippen LogP contribution in [0.25, 0.3) is 0 Å². The van der Waals surface area contributed by atoms with Gasteiger partial charge in [-0.2, -0.15) is 0 Å². The van der Waals surface area contributed by atoms with E-state index in [-0.39, 0.29) is 5.41 Å². The van der Waals surface area contributed by atoms with Gasteiger partial charge in [0.2, 0.25) is 0 Å². The third-order valence-corrected chi connectivity index (χ3v) is 3.48. The van der Waals surface area contributed by atoms with Crippen molar-refractivity contribution in [1.82, 2.24) is 10.2 Å². The van der Waals surface area contributed by atoms with E-state index in [9.17, 15) is 9.59 Å². The predicted octanol–water partition coefficient (Wildman–Crippen LogP) is 0.509. The summed E-state index contributed by atoms with van der Waals surface area (Å²) in [4.78, 5) is 24.2. The summed E-state index contributed by atoms with van der Waals surface area (Å²) in [5.41, 5.74) is 0.137. The Balaban J connectivity index is 2.52. The summed E-state index contributed by atoms with van der Waals surface area (Å²) in [5.74, 6) is -0.807. The van der Waals surface area contributed by atoms with Gasteiger partial charge in [0.25, 0.3) is 0 Å². The fraction of sp³-hybridized carbons (Fsp3) is 0.833. The molecule has 0 spiro atoms. The smallest absolute Gasteiger partial charge is 0.328 e. The second-order valence-corrected chi connectivity index (χ2v) is 5.82. The van der Waals surface area contributed by atoms with E-state index in [1.165, 1.54) is 0 Å². The molecular weight excluding hydrogens is 236 g/mol. The number of carbonyl (C=O) groups excluding carboxylic acids is 1. The molecule has 6 nitrogen and oxygen atoms in total. The Morgan fingerprint density at radius 2 is 2.06 bits per heavy atom. The quantitative estimate of drug-likeness (QED) is 0.688. The maximum absolute atomic E-state index is 11.8. The van der Waals surface area contributed by atoms with Crippen LogP contribution >= 0.6 is 0 Å². The van der Waals surface area contributed by atoms with Gasteiger partial charge in [-0.1, -0.05) is 20.8 Å². The normalized spacial score (nSPS) is 21.8. The molecule has 0 aromatic heterocycles. The molecule has 0 radical (unpaired) electrons. The van der Waals surface area contributed by atoms with Crippen LogP contribution in [-0.4, -0.2) is 52.9 Å². The Hall–Kier alpha value is -1.30. The molecule has 1 heterocycles. The number of urea groups is 1. The van der Waals surface area contributed by atoms with Crippen molar-refractivity contribution in [1.29, 1.82) is 0 Å². The third-order valence-electron chi connectivity index (χ3n) is 3.48. The van der Waals surface area contributed by atoms with E-state index in [1.54, 1.807) is 4.90 Å². The summed E-state index contributed by atoms with van der Waals surface area (Å²) in [7, 11) is 0. The van der Waals surface area contributed by atoms with Gasteiger partial charge in [-0.05, 0) is 17.8 Å². The molecule has 0 aromatic rings. The van der Waals surface area contributed by atoms with Gasteiger partial charge in [-0.25, -0.2) is 9.59 Å². The van der Waals surface area contributed by atoms with Gasteiger partial charge in [0.1, 0.15) is 0 Å². The molecule has 0 aromatic carbocycles. The van der Waals surface area contributed by atoms with Gasteiger partial charge in [0.05, 0.1) is 6.61 Å². The second kappa shape index (κ2) is 5.56. The average molecular weight is 258 g/mol. The van der Waals surface area contributed by atoms with Gasteiger partial charge in [0, 0.05) is 13.1 Å². The fourth-order valence-electron chi connectivity index (χ4n) is 2.08. The summed E-state index contributed by atoms with van der Waals surface area (Å²) in [6, 6.07) is -1.64. The topological polar surface area (TPSA) is 89.9 Å². The Morgan fingerprint density at radius 1 is 1.44 bits per heavy atom. The Kier molecular flexibility index (Phi) is 4.56. The average Bonchev–Trinajstić information content (AvgIpc) is 2.73. The lowest BCUT2D eigenvalue weighted by atomic mass is 9.80. The number of hydrogen-bond acceptors (Lipinski definition) is 3. The highest BCUT2D eigenvalue weighted by molar-refractivity contribution is 5.82. The van der Waals surface area contributed by atoms with Crippen molar-refractivity contribution in [2.24, 2.45) is 11.3 Å². The molecule has 1 fully saturated rings. The van der Waals surface area contributed by atoms with E-state index in [2.05, 4.69) is 26.1 Å². The van der Waals surface area contributed by atoms with E-state index in [1.807, 2.05) is 0 Å². The van der Waals surface area contributed by atoms with Crippen LogP contribution in [0.2, 0.25) is 0 Å². The maximum atomic E-state index is 11.8. The molecule has 104 valence electrons. The van der Waals surface area contributed by atoms with Gasteiger partial charge in [0.15, 0.2) is 6.04 Å². The van der Waals surface area contributed by atoms with Crippen molar-refractivity contribution in [3.8, 4) is 0 Å². The van der Waals surface area contributed by atoms with Crippen LogP contribution in [0, 0.1) is 11.3 Å². The largest absolute Gasteiger partial charge is 0.480 e. The van der Waals surface area contributed by atoms with Gasteiger partial charge in [-0.3, -0.25) is 0 Å². The van der Waals surface area contributed by atoms with Crippen LogP contribution in [0.3, 0.4) is 0 Å². The molecule has 6 heteroatoms. The minimum Gasteiger partial charge on any atom is -0.480 e. The number of aliphatic hydroxyl groups excluding tert-OH is 1. The Bertz CT molecular complexity index is 325. The number of nitrogens with zero attached hydrogens (tertiary/aromatic N) is 1. The molecular formula is C12H22N2O4. The molecule has 1 aliphatic heterocycles. The molecule has 0 bridgehead atoms. The summed E-state index contributed by atoms with van der Waals surface area (Å²) in [6.07, 6.45) is 0.924. The molecule has 3 N–H and O–H groups in total. The lowest BCUT2D eigenvalue weighted by Crippen LogP contribution is -2.49. The number of carboxylic acid groups (broad SMARTS) is 1. The summed E-state index contributed by atoms with van der Waals surface area (Å²) in [6.45, 7) is 7.06. The number of aliphatic hydroxyl groups is 1. The molecule has 1 unspecified atom stereocenters. The van der Waals surface area contributed by atoms with Gasteiger partial charge < -0.3 is 20.4 Å². The first-order chi connectivity index (χ1) is 8.25. The second-order valence-electron chi connectivity index (χ2n) is 5.82. The lowest BCUT2D eigenvalue weighted by molar-refractivity contribution is -0.140. The van der Waals surface area contributed by atoms with Crippen molar-refractivity contribution < 1.29 is 19.8 Å². The van der Waals surface area contributed by atoms with E-state index < -0.39 is 24.6 Å². The van der Waals surface area contributed by atoms with Crippen molar-refractivity contribution in [3.05, 3.63) is 0 Å². The first-order valence-corrected chi connectivity index (χ1v) is 6.14. The number of likely N-dealkylation sites (tertiary alicyclic amines) is 1. The van der Waals surface area contributed by atoms with Crippen LogP contribution < -0.4 is 5.32 Å². The minimum atomic E-state index is -1.23. The molecule has 18 heavy (non-hydrogen) atoms. The molecule has 0 aliphatic carbocycles. The van der Waals surface area contributed by atoms with Crippen LogP contribution in [0.1, 0.15) is 27.2 Å². The molecule has 1 rings (SSSR count). The van der Waals surface area contributed by atoms with E-state index in [0.29, 0.717) is 19.0 Å². The van der Waals surface area contributed by atoms with Crippen molar-refractivity contribution >= 4 is 12.0 Å².